The van der Waals surface area contributed by atoms with E-state index in [-0.39, 0.29) is 41.7 Å². The standard InChI is InChI=1S/C29H39N5O8/c1-28(2,3)31-11-17(35)32-15-10-16(33(4)5)13-8-12-9-14-21(34(6)7)24(38)20(27(30)41)26(40)29(14,42)25(39)18(12)23(37)19(13)22(15)36/h10,12,14,21,31,36-37,40,42H,8-9,11H2,1-7H3,(H2,30,41)(H,32,35)/t12-,14-,21?,29-/m0/s1. The number of fused-ring (bicyclic) bond motifs is 3. The highest BCUT2D eigenvalue weighted by atomic mass is 16.3. The van der Waals surface area contributed by atoms with Gasteiger partial charge in [0.15, 0.2) is 11.4 Å². The number of ketones is 2. The zero-order valence-electron chi connectivity index (χ0n) is 24.8. The summed E-state index contributed by atoms with van der Waals surface area (Å²) in [7, 11) is 6.58. The number of rotatable bonds is 6. The lowest BCUT2D eigenvalue weighted by Gasteiger charge is -2.50. The van der Waals surface area contributed by atoms with Crippen LogP contribution in [0.5, 0.6) is 5.75 Å². The van der Waals surface area contributed by atoms with Crippen molar-refractivity contribution in [2.24, 2.45) is 17.6 Å². The molecule has 0 aromatic heterocycles. The Morgan fingerprint density at radius 3 is 2.26 bits per heavy atom. The SMILES string of the molecule is CN(C)c1cc(NC(=O)CNC(C)(C)C)c(O)c2c1C[C@H]1C[C@H]3C(N(C)C)C(=O)C(C(N)=O)=C(O)[C@@]3(O)C(=O)C1=C2O. The van der Waals surface area contributed by atoms with Gasteiger partial charge in [-0.3, -0.25) is 24.1 Å². The van der Waals surface area contributed by atoms with Gasteiger partial charge in [0.05, 0.1) is 23.8 Å². The molecule has 1 fully saturated rings. The van der Waals surface area contributed by atoms with Gasteiger partial charge in [0, 0.05) is 36.8 Å². The zero-order chi connectivity index (χ0) is 31.6. The maximum Gasteiger partial charge on any atom is 0.255 e. The third-order valence-electron chi connectivity index (χ3n) is 8.23. The number of aliphatic hydroxyl groups is 3. The smallest absolute Gasteiger partial charge is 0.255 e. The van der Waals surface area contributed by atoms with Gasteiger partial charge < -0.3 is 41.7 Å². The highest BCUT2D eigenvalue weighted by molar-refractivity contribution is 6.24. The van der Waals surface area contributed by atoms with E-state index in [9.17, 15) is 39.6 Å². The molecule has 0 saturated heterocycles. The minimum atomic E-state index is -2.73. The second kappa shape index (κ2) is 10.4. The predicted octanol–water partition coefficient (Wildman–Crippen LogP) is 0.357. The van der Waals surface area contributed by atoms with Gasteiger partial charge in [0.25, 0.3) is 5.91 Å². The Morgan fingerprint density at radius 1 is 1.12 bits per heavy atom. The van der Waals surface area contributed by atoms with Crippen molar-refractivity contribution in [3.63, 3.8) is 0 Å². The number of phenols is 1. The van der Waals surface area contributed by atoms with Crippen molar-refractivity contribution >= 4 is 40.5 Å². The Hall–Kier alpha value is -3.94. The summed E-state index contributed by atoms with van der Waals surface area (Å²) in [6, 6.07) is 0.409. The number of aliphatic hydroxyl groups excluding tert-OH is 2. The second-order valence-electron chi connectivity index (χ2n) is 12.7. The summed E-state index contributed by atoms with van der Waals surface area (Å²) in [6.07, 6.45) is 0.117. The van der Waals surface area contributed by atoms with Gasteiger partial charge >= 0.3 is 0 Å². The number of amides is 2. The molecule has 0 radical (unpaired) electrons. The fraction of sp³-hybridized carbons (Fsp3) is 0.517. The number of nitrogens with zero attached hydrogens (tertiary/aromatic N) is 2. The molecule has 42 heavy (non-hydrogen) atoms. The maximum absolute atomic E-state index is 14.0. The fourth-order valence-corrected chi connectivity index (χ4v) is 6.33. The quantitative estimate of drug-likeness (QED) is 0.179. The number of hydrogen-bond acceptors (Lipinski definition) is 11. The van der Waals surface area contributed by atoms with Gasteiger partial charge in [-0.1, -0.05) is 0 Å². The molecule has 4 atom stereocenters. The van der Waals surface area contributed by atoms with Crippen molar-refractivity contribution in [2.45, 2.75) is 50.8 Å². The molecule has 228 valence electrons. The van der Waals surface area contributed by atoms with Crippen molar-refractivity contribution in [1.29, 1.82) is 0 Å². The molecule has 1 unspecified atom stereocenters. The van der Waals surface area contributed by atoms with Crippen molar-refractivity contribution in [3.8, 4) is 5.75 Å². The number of benzene rings is 1. The molecule has 2 amide bonds. The summed E-state index contributed by atoms with van der Waals surface area (Å²) in [5.41, 5.74) is 2.11. The number of Topliss-reactive ketones (excluding diaryl/α,β-unsaturated/α-hetero) is 2. The van der Waals surface area contributed by atoms with Crippen LogP contribution in [0.4, 0.5) is 11.4 Å². The fourth-order valence-electron chi connectivity index (χ4n) is 6.33. The molecule has 13 nitrogen and oxygen atoms in total. The normalized spacial score (nSPS) is 25.7. The van der Waals surface area contributed by atoms with E-state index in [1.807, 2.05) is 20.8 Å². The summed E-state index contributed by atoms with van der Waals surface area (Å²) in [4.78, 5) is 55.3. The van der Waals surface area contributed by atoms with E-state index in [0.29, 0.717) is 11.3 Å². The van der Waals surface area contributed by atoms with Gasteiger partial charge in [0.1, 0.15) is 22.8 Å². The number of primary amides is 1. The molecule has 3 aliphatic carbocycles. The Morgan fingerprint density at radius 2 is 1.74 bits per heavy atom. The largest absolute Gasteiger partial charge is 0.508 e. The Bertz CT molecular complexity index is 1450. The number of aromatic hydroxyl groups is 1. The molecule has 3 aliphatic rings. The third kappa shape index (κ3) is 4.80. The average Bonchev–Trinajstić information content (AvgIpc) is 2.85. The third-order valence-corrected chi connectivity index (χ3v) is 8.23. The molecular formula is C29H39N5O8. The first-order valence-corrected chi connectivity index (χ1v) is 13.6. The number of phenolic OH excluding ortho intramolecular Hbond substituents is 1. The molecule has 0 spiro atoms. The van der Waals surface area contributed by atoms with Crippen LogP contribution < -0.4 is 21.3 Å². The van der Waals surface area contributed by atoms with Crippen LogP contribution in [0.1, 0.15) is 38.3 Å². The number of hydrogen-bond donors (Lipinski definition) is 7. The molecule has 0 heterocycles. The molecule has 8 N–H and O–H groups in total. The molecule has 0 aliphatic heterocycles. The van der Waals surface area contributed by atoms with Gasteiger partial charge in [-0.15, -0.1) is 0 Å². The second-order valence-corrected chi connectivity index (χ2v) is 12.7. The Labute approximate surface area is 243 Å². The lowest BCUT2D eigenvalue weighted by Crippen LogP contribution is -2.65. The summed E-state index contributed by atoms with van der Waals surface area (Å²) in [5.74, 6) is -7.79. The summed E-state index contributed by atoms with van der Waals surface area (Å²) in [5, 5.41) is 51.3. The minimum absolute atomic E-state index is 0.00158. The van der Waals surface area contributed by atoms with Crippen LogP contribution in [0.2, 0.25) is 0 Å². The Kier molecular flexibility index (Phi) is 7.68. The van der Waals surface area contributed by atoms with E-state index >= 15 is 0 Å². The van der Waals surface area contributed by atoms with Gasteiger partial charge in [-0.2, -0.15) is 0 Å². The van der Waals surface area contributed by atoms with Crippen molar-refractivity contribution < 1.29 is 39.6 Å². The molecule has 13 heteroatoms. The van der Waals surface area contributed by atoms with Crippen LogP contribution in [0.3, 0.4) is 0 Å². The molecular weight excluding hydrogens is 546 g/mol. The highest BCUT2D eigenvalue weighted by Gasteiger charge is 2.64. The number of carbonyl (C=O) groups is 4. The molecule has 0 bridgehead atoms. The van der Waals surface area contributed by atoms with Crippen LogP contribution in [-0.4, -0.2) is 101 Å². The first-order chi connectivity index (χ1) is 19.3. The van der Waals surface area contributed by atoms with Crippen LogP contribution >= 0.6 is 0 Å². The zero-order valence-corrected chi connectivity index (χ0v) is 24.8. The average molecular weight is 586 g/mol. The van der Waals surface area contributed by atoms with E-state index < -0.39 is 69.7 Å². The number of carbonyl (C=O) groups excluding carboxylic acids is 4. The van der Waals surface area contributed by atoms with E-state index in [1.165, 1.54) is 4.90 Å². The maximum atomic E-state index is 14.0. The van der Waals surface area contributed by atoms with E-state index in [0.717, 1.165) is 0 Å². The summed E-state index contributed by atoms with van der Waals surface area (Å²) < 4.78 is 0. The monoisotopic (exact) mass is 585 g/mol. The van der Waals surface area contributed by atoms with E-state index in [2.05, 4.69) is 10.6 Å². The molecule has 4 rings (SSSR count). The van der Waals surface area contributed by atoms with Crippen molar-refractivity contribution in [1.82, 2.24) is 10.2 Å². The predicted molar refractivity (Wildman–Crippen MR) is 155 cm³/mol. The minimum Gasteiger partial charge on any atom is -0.508 e. The summed E-state index contributed by atoms with van der Waals surface area (Å²) >= 11 is 0. The summed E-state index contributed by atoms with van der Waals surface area (Å²) in [6.45, 7) is 5.62. The van der Waals surface area contributed by atoms with Crippen molar-refractivity contribution in [3.05, 3.63) is 34.1 Å². The van der Waals surface area contributed by atoms with Crippen LogP contribution in [0.15, 0.2) is 23.0 Å². The molecule has 1 aromatic carbocycles. The van der Waals surface area contributed by atoms with Gasteiger partial charge in [0.2, 0.25) is 11.7 Å². The number of anilines is 2. The van der Waals surface area contributed by atoms with Crippen molar-refractivity contribution in [2.75, 3.05) is 45.0 Å². The lowest BCUT2D eigenvalue weighted by molar-refractivity contribution is -0.153. The van der Waals surface area contributed by atoms with Gasteiger partial charge in [-0.25, -0.2) is 0 Å². The number of nitrogens with two attached hydrogens (primary N) is 1. The van der Waals surface area contributed by atoms with Crippen LogP contribution in [0, 0.1) is 11.8 Å². The van der Waals surface area contributed by atoms with E-state index in [1.54, 1.807) is 39.2 Å². The first kappa shape index (κ1) is 31.0. The lowest BCUT2D eigenvalue weighted by atomic mass is 9.57. The van der Waals surface area contributed by atoms with Crippen LogP contribution in [-0.2, 0) is 25.6 Å². The van der Waals surface area contributed by atoms with Gasteiger partial charge in [-0.05, 0) is 65.3 Å². The van der Waals surface area contributed by atoms with E-state index in [4.69, 9.17) is 5.73 Å². The highest BCUT2D eigenvalue weighted by Crippen LogP contribution is 2.54. The Balaban J connectivity index is 1.89. The number of nitrogens with one attached hydrogen (secondary N) is 2. The molecule has 1 aromatic rings. The topological polar surface area (TPSA) is 206 Å². The van der Waals surface area contributed by atoms with Crippen LogP contribution in [0.25, 0.3) is 5.76 Å². The molecule has 1 saturated carbocycles. The number of likely N-dealkylation sites (N-methyl/N-ethyl adjacent to an activating group) is 1. The first-order valence-electron chi connectivity index (χ1n) is 13.6.